The molecule has 0 fully saturated rings. The van der Waals surface area contributed by atoms with Crippen molar-refractivity contribution in [3.8, 4) is 5.13 Å². The minimum Gasteiger partial charge on any atom is -0.333 e. The molecule has 0 radical (unpaired) electrons. The number of nitrogens with zero attached hydrogens (tertiary/aromatic N) is 3. The third-order valence-corrected chi connectivity index (χ3v) is 7.46. The third-order valence-electron chi connectivity index (χ3n) is 6.08. The van der Waals surface area contributed by atoms with Gasteiger partial charge in [0, 0.05) is 35.8 Å². The predicted octanol–water partition coefficient (Wildman–Crippen LogP) is 4.68. The maximum Gasteiger partial charge on any atom is 0.277 e. The Morgan fingerprint density at radius 2 is 1.85 bits per heavy atom. The van der Waals surface area contributed by atoms with Crippen LogP contribution in [0.5, 0.6) is 0 Å². The van der Waals surface area contributed by atoms with Crippen LogP contribution < -0.4 is 5.56 Å². The Morgan fingerprint density at radius 3 is 2.61 bits per heavy atom. The maximum absolute atomic E-state index is 13.3. The van der Waals surface area contributed by atoms with E-state index in [1.54, 1.807) is 0 Å². The molecule has 4 aromatic rings. The van der Waals surface area contributed by atoms with Gasteiger partial charge >= 0.3 is 0 Å². The first-order valence-electron chi connectivity index (χ1n) is 10.8. The van der Waals surface area contributed by atoms with E-state index in [-0.39, 0.29) is 11.5 Å². The number of aromatic nitrogens is 3. The Hall–Kier alpha value is -3.16. The second-order valence-electron chi connectivity index (χ2n) is 8.32. The quantitative estimate of drug-likeness (QED) is 0.463. The summed E-state index contributed by atoms with van der Waals surface area (Å²) in [6, 6.07) is 15.7. The fraction of sp³-hybridized carbons (Fsp3) is 0.240. The molecule has 6 nitrogen and oxygen atoms in total. The van der Waals surface area contributed by atoms with Gasteiger partial charge < -0.3 is 4.90 Å². The van der Waals surface area contributed by atoms with Gasteiger partial charge in [-0.15, -0.1) is 0 Å². The predicted molar refractivity (Wildman–Crippen MR) is 131 cm³/mol. The van der Waals surface area contributed by atoms with Crippen molar-refractivity contribution >= 4 is 28.8 Å². The third kappa shape index (κ3) is 4.14. The average Bonchev–Trinajstić information content (AvgIpc) is 3.34. The minimum absolute atomic E-state index is 0.0385. The first kappa shape index (κ1) is 21.7. The molecule has 0 bridgehead atoms. The number of hydrogen-bond donors (Lipinski definition) is 1. The molecule has 168 valence electrons. The van der Waals surface area contributed by atoms with Crippen LogP contribution in [-0.4, -0.2) is 32.1 Å². The van der Waals surface area contributed by atoms with E-state index in [1.807, 2.05) is 55.1 Å². The summed E-state index contributed by atoms with van der Waals surface area (Å²) in [5.74, 6) is -0.0385. The van der Waals surface area contributed by atoms with E-state index in [0.717, 1.165) is 17.7 Å². The SMILES string of the molecule is Cc1nc(-n2[nH]c(C)c(Cc3ccc(Cl)cc3)c2=O)sc1C(=O)N1CCc2ccccc2C1. The Morgan fingerprint density at radius 1 is 1.12 bits per heavy atom. The summed E-state index contributed by atoms with van der Waals surface area (Å²) in [5.41, 5.74) is 5.42. The standard InChI is InChI=1S/C25H23ClN4O2S/c1-15-21(13-17-7-9-20(26)10-8-17)23(31)30(28-15)25-27-16(2)22(33-25)24(32)29-12-11-18-5-3-4-6-19(18)14-29/h3-10,28H,11-14H2,1-2H3. The summed E-state index contributed by atoms with van der Waals surface area (Å²) in [7, 11) is 0. The number of carbonyl (C=O) groups excluding carboxylic acids is 1. The number of aromatic amines is 1. The first-order chi connectivity index (χ1) is 15.9. The lowest BCUT2D eigenvalue weighted by molar-refractivity contribution is 0.0738. The molecular weight excluding hydrogens is 456 g/mol. The van der Waals surface area contributed by atoms with Crippen LogP contribution in [-0.2, 0) is 19.4 Å². The Bertz CT molecular complexity index is 1400. The van der Waals surface area contributed by atoms with Gasteiger partial charge in [0.1, 0.15) is 4.88 Å². The van der Waals surface area contributed by atoms with Gasteiger partial charge in [-0.3, -0.25) is 14.7 Å². The van der Waals surface area contributed by atoms with E-state index >= 15 is 0 Å². The van der Waals surface area contributed by atoms with Crippen LogP contribution in [0.3, 0.4) is 0 Å². The molecule has 3 heterocycles. The summed E-state index contributed by atoms with van der Waals surface area (Å²) < 4.78 is 1.44. The molecule has 5 rings (SSSR count). The van der Waals surface area contributed by atoms with Crippen molar-refractivity contribution in [2.24, 2.45) is 0 Å². The van der Waals surface area contributed by atoms with E-state index < -0.39 is 0 Å². The number of rotatable bonds is 4. The molecule has 1 N–H and O–H groups in total. The number of hydrogen-bond acceptors (Lipinski definition) is 4. The summed E-state index contributed by atoms with van der Waals surface area (Å²) in [6.07, 6.45) is 1.34. The Kier molecular flexibility index (Phi) is 5.68. The van der Waals surface area contributed by atoms with Crippen molar-refractivity contribution in [3.63, 3.8) is 0 Å². The molecule has 0 unspecified atom stereocenters. The van der Waals surface area contributed by atoms with E-state index in [9.17, 15) is 9.59 Å². The van der Waals surface area contributed by atoms with Crippen molar-refractivity contribution in [2.75, 3.05) is 6.54 Å². The molecule has 0 saturated carbocycles. The van der Waals surface area contributed by atoms with Crippen molar-refractivity contribution in [1.82, 2.24) is 19.7 Å². The fourth-order valence-corrected chi connectivity index (χ4v) is 5.34. The minimum atomic E-state index is -0.151. The monoisotopic (exact) mass is 478 g/mol. The van der Waals surface area contributed by atoms with Gasteiger partial charge in [-0.05, 0) is 49.1 Å². The second kappa shape index (κ2) is 8.65. The van der Waals surface area contributed by atoms with Crippen LogP contribution in [0.2, 0.25) is 5.02 Å². The lowest BCUT2D eigenvalue weighted by atomic mass is 10.00. The Labute approximate surface area is 200 Å². The Balaban J connectivity index is 1.41. The van der Waals surface area contributed by atoms with Crippen molar-refractivity contribution < 1.29 is 4.79 Å². The molecule has 2 aromatic heterocycles. The van der Waals surface area contributed by atoms with Gasteiger partial charge in [-0.1, -0.05) is 59.3 Å². The van der Waals surface area contributed by atoms with Crippen molar-refractivity contribution in [3.05, 3.63) is 102 Å². The summed E-state index contributed by atoms with van der Waals surface area (Å²) >= 11 is 7.23. The highest BCUT2D eigenvalue weighted by Gasteiger charge is 2.26. The zero-order chi connectivity index (χ0) is 23.1. The average molecular weight is 479 g/mol. The first-order valence-corrected chi connectivity index (χ1v) is 12.0. The lowest BCUT2D eigenvalue weighted by Gasteiger charge is -2.28. The smallest absolute Gasteiger partial charge is 0.277 e. The maximum atomic E-state index is 13.3. The molecule has 0 atom stereocenters. The second-order valence-corrected chi connectivity index (χ2v) is 9.73. The molecule has 0 aliphatic carbocycles. The van der Waals surface area contributed by atoms with Gasteiger partial charge in [0.05, 0.1) is 5.69 Å². The summed E-state index contributed by atoms with van der Waals surface area (Å²) in [6.45, 7) is 4.96. The number of aryl methyl sites for hydroxylation is 2. The van der Waals surface area contributed by atoms with Crippen LogP contribution >= 0.6 is 22.9 Å². The molecule has 0 spiro atoms. The number of H-pyrrole nitrogens is 1. The number of nitrogens with one attached hydrogen (secondary N) is 1. The molecule has 2 aromatic carbocycles. The van der Waals surface area contributed by atoms with E-state index in [1.165, 1.54) is 27.1 Å². The van der Waals surface area contributed by atoms with Crippen LogP contribution in [0.4, 0.5) is 0 Å². The number of benzene rings is 2. The summed E-state index contributed by atoms with van der Waals surface area (Å²) in [5, 5.41) is 4.27. The molecular formula is C25H23ClN4O2S. The number of thiazole rings is 1. The van der Waals surface area contributed by atoms with Gasteiger partial charge in [-0.25, -0.2) is 4.98 Å². The highest BCUT2D eigenvalue weighted by molar-refractivity contribution is 7.16. The van der Waals surface area contributed by atoms with E-state index in [4.69, 9.17) is 11.6 Å². The topological polar surface area (TPSA) is 71.0 Å². The number of halogens is 1. The zero-order valence-corrected chi connectivity index (χ0v) is 20.0. The molecule has 33 heavy (non-hydrogen) atoms. The number of carbonyl (C=O) groups is 1. The van der Waals surface area contributed by atoms with E-state index in [0.29, 0.717) is 45.8 Å². The van der Waals surface area contributed by atoms with Crippen LogP contribution in [0.1, 0.15) is 43.3 Å². The highest BCUT2D eigenvalue weighted by Crippen LogP contribution is 2.26. The zero-order valence-electron chi connectivity index (χ0n) is 18.4. The lowest BCUT2D eigenvalue weighted by Crippen LogP contribution is -2.35. The van der Waals surface area contributed by atoms with Gasteiger partial charge in [0.15, 0.2) is 0 Å². The van der Waals surface area contributed by atoms with Gasteiger partial charge in [-0.2, -0.15) is 4.68 Å². The number of fused-ring (bicyclic) bond motifs is 1. The fourth-order valence-electron chi connectivity index (χ4n) is 4.22. The molecule has 1 amide bonds. The van der Waals surface area contributed by atoms with E-state index in [2.05, 4.69) is 22.2 Å². The molecule has 1 aliphatic rings. The molecule has 0 saturated heterocycles. The van der Waals surface area contributed by atoms with Crippen LogP contribution in [0, 0.1) is 13.8 Å². The summed E-state index contributed by atoms with van der Waals surface area (Å²) in [4.78, 5) is 33.5. The largest absolute Gasteiger partial charge is 0.333 e. The van der Waals surface area contributed by atoms with Crippen molar-refractivity contribution in [2.45, 2.75) is 33.2 Å². The normalized spacial score (nSPS) is 13.2. The van der Waals surface area contributed by atoms with Crippen molar-refractivity contribution in [1.29, 1.82) is 0 Å². The van der Waals surface area contributed by atoms with Crippen LogP contribution in [0.25, 0.3) is 5.13 Å². The highest BCUT2D eigenvalue weighted by atomic mass is 35.5. The molecule has 8 heteroatoms. The van der Waals surface area contributed by atoms with Crippen LogP contribution in [0.15, 0.2) is 53.3 Å². The van der Waals surface area contributed by atoms with Gasteiger partial charge in [0.25, 0.3) is 11.5 Å². The molecule has 1 aliphatic heterocycles. The van der Waals surface area contributed by atoms with Gasteiger partial charge in [0.2, 0.25) is 5.13 Å². The number of amides is 1.